The van der Waals surface area contributed by atoms with Crippen molar-refractivity contribution in [2.45, 2.75) is 6.54 Å². The molecule has 6 heteroatoms. The van der Waals surface area contributed by atoms with Crippen molar-refractivity contribution in [2.24, 2.45) is 7.05 Å². The third-order valence-electron chi connectivity index (χ3n) is 2.65. The number of nitrogens with two attached hydrogens (primary N) is 1. The molecule has 19 heavy (non-hydrogen) atoms. The first-order chi connectivity index (χ1) is 9.16. The van der Waals surface area contributed by atoms with Crippen LogP contribution in [-0.2, 0) is 18.4 Å². The molecule has 1 amide bonds. The number of benzene rings is 1. The highest BCUT2D eigenvalue weighted by Gasteiger charge is 2.07. The summed E-state index contributed by atoms with van der Waals surface area (Å²) < 4.78 is 6.89. The average molecular weight is 260 g/mol. The molecule has 1 heterocycles. The maximum Gasteiger partial charge on any atom is 0.258 e. The summed E-state index contributed by atoms with van der Waals surface area (Å²) in [6.45, 7) is 0.320. The molecule has 100 valence electrons. The summed E-state index contributed by atoms with van der Waals surface area (Å²) in [6.07, 6.45) is 1.63. The lowest BCUT2D eigenvalue weighted by molar-refractivity contribution is -0.123. The summed E-state index contributed by atoms with van der Waals surface area (Å²) in [5, 5.41) is 6.72. The Labute approximate surface area is 111 Å². The molecular formula is C13H16N4O2. The summed E-state index contributed by atoms with van der Waals surface area (Å²) >= 11 is 0. The van der Waals surface area contributed by atoms with E-state index in [1.165, 1.54) is 0 Å². The first-order valence-corrected chi connectivity index (χ1v) is 5.87. The number of amides is 1. The molecule has 0 unspecified atom stereocenters. The normalized spacial score (nSPS) is 10.2. The highest BCUT2D eigenvalue weighted by molar-refractivity contribution is 5.77. The summed E-state index contributed by atoms with van der Waals surface area (Å²) in [6, 6.07) is 9.18. The lowest BCUT2D eigenvalue weighted by atomic mass is 10.3. The molecule has 3 N–H and O–H groups in total. The predicted molar refractivity (Wildman–Crippen MR) is 71.4 cm³/mol. The van der Waals surface area contributed by atoms with Crippen LogP contribution in [0.25, 0.3) is 0 Å². The van der Waals surface area contributed by atoms with Crippen LogP contribution in [0.15, 0.2) is 36.5 Å². The molecule has 2 aromatic rings. The van der Waals surface area contributed by atoms with Gasteiger partial charge in [-0.2, -0.15) is 5.10 Å². The van der Waals surface area contributed by atoms with Gasteiger partial charge in [0.05, 0.1) is 6.20 Å². The van der Waals surface area contributed by atoms with Crippen molar-refractivity contribution in [2.75, 3.05) is 12.3 Å². The molecule has 0 fully saturated rings. The highest BCUT2D eigenvalue weighted by atomic mass is 16.5. The van der Waals surface area contributed by atoms with Crippen molar-refractivity contribution in [3.05, 3.63) is 42.1 Å². The van der Waals surface area contributed by atoms with Crippen molar-refractivity contribution in [1.29, 1.82) is 0 Å². The Morgan fingerprint density at radius 3 is 2.79 bits per heavy atom. The van der Waals surface area contributed by atoms with Gasteiger partial charge >= 0.3 is 0 Å². The van der Waals surface area contributed by atoms with Gasteiger partial charge in [-0.3, -0.25) is 9.48 Å². The van der Waals surface area contributed by atoms with Crippen LogP contribution in [0.3, 0.4) is 0 Å². The molecule has 0 spiro atoms. The second kappa shape index (κ2) is 5.90. The number of carbonyl (C=O) groups excluding carboxylic acids is 1. The number of aromatic nitrogens is 2. The van der Waals surface area contributed by atoms with E-state index in [0.717, 1.165) is 5.56 Å². The Morgan fingerprint density at radius 2 is 2.16 bits per heavy atom. The van der Waals surface area contributed by atoms with Crippen LogP contribution in [0.1, 0.15) is 5.56 Å². The zero-order chi connectivity index (χ0) is 13.7. The van der Waals surface area contributed by atoms with Crippen molar-refractivity contribution < 1.29 is 9.53 Å². The molecule has 2 rings (SSSR count). The van der Waals surface area contributed by atoms with Gasteiger partial charge in [0.2, 0.25) is 0 Å². The molecule has 1 aromatic carbocycles. The second-order valence-electron chi connectivity index (χ2n) is 4.06. The third kappa shape index (κ3) is 3.48. The van der Waals surface area contributed by atoms with Gasteiger partial charge < -0.3 is 15.8 Å². The number of carbonyl (C=O) groups is 1. The molecule has 0 saturated heterocycles. The van der Waals surface area contributed by atoms with Gasteiger partial charge in [0.15, 0.2) is 6.61 Å². The van der Waals surface area contributed by atoms with Gasteiger partial charge in [-0.1, -0.05) is 18.2 Å². The fourth-order valence-corrected chi connectivity index (χ4v) is 1.54. The fraction of sp³-hybridized carbons (Fsp3) is 0.231. The van der Waals surface area contributed by atoms with E-state index in [2.05, 4.69) is 10.4 Å². The summed E-state index contributed by atoms with van der Waals surface area (Å²) in [5.41, 5.74) is 6.56. The van der Waals surface area contributed by atoms with E-state index >= 15 is 0 Å². The van der Waals surface area contributed by atoms with Crippen LogP contribution < -0.4 is 15.8 Å². The molecule has 0 aliphatic heterocycles. The molecule has 0 radical (unpaired) electrons. The second-order valence-corrected chi connectivity index (χ2v) is 4.06. The number of rotatable bonds is 5. The quantitative estimate of drug-likeness (QED) is 0.829. The minimum absolute atomic E-state index is 0.0236. The number of para-hydroxylation sites is 1. The maximum absolute atomic E-state index is 11.6. The number of nitrogen functional groups attached to an aromatic ring is 1. The number of nitrogens with one attached hydrogen (secondary N) is 1. The molecule has 6 nitrogen and oxygen atoms in total. The van der Waals surface area contributed by atoms with E-state index in [0.29, 0.717) is 18.1 Å². The van der Waals surface area contributed by atoms with E-state index in [4.69, 9.17) is 10.5 Å². The Balaban J connectivity index is 1.78. The molecule has 0 atom stereocenters. The van der Waals surface area contributed by atoms with Gasteiger partial charge in [0.25, 0.3) is 5.91 Å². The molecule has 0 aliphatic carbocycles. The van der Waals surface area contributed by atoms with Crippen LogP contribution in [0.2, 0.25) is 0 Å². The van der Waals surface area contributed by atoms with Gasteiger partial charge in [-0.25, -0.2) is 0 Å². The number of hydrogen-bond acceptors (Lipinski definition) is 4. The molecule has 1 aromatic heterocycles. The number of nitrogens with zero attached hydrogens (tertiary/aromatic N) is 2. The van der Waals surface area contributed by atoms with Crippen LogP contribution >= 0.6 is 0 Å². The van der Waals surface area contributed by atoms with E-state index in [-0.39, 0.29) is 12.5 Å². The maximum atomic E-state index is 11.6. The number of anilines is 1. The third-order valence-corrected chi connectivity index (χ3v) is 2.65. The van der Waals surface area contributed by atoms with E-state index < -0.39 is 0 Å². The molecule has 0 bridgehead atoms. The lowest BCUT2D eigenvalue weighted by Gasteiger charge is -2.07. The number of aryl methyl sites for hydroxylation is 1. The number of hydrogen-bond donors (Lipinski definition) is 2. The smallest absolute Gasteiger partial charge is 0.258 e. The Hall–Kier alpha value is -2.50. The Morgan fingerprint density at radius 1 is 1.42 bits per heavy atom. The molecule has 0 aliphatic rings. The predicted octanol–water partition coefficient (Wildman–Crippen LogP) is 0.697. The zero-order valence-electron chi connectivity index (χ0n) is 10.7. The van der Waals surface area contributed by atoms with E-state index in [1.54, 1.807) is 30.1 Å². The largest absolute Gasteiger partial charge is 0.484 e. The summed E-state index contributed by atoms with van der Waals surface area (Å²) in [4.78, 5) is 11.6. The average Bonchev–Trinajstić information content (AvgIpc) is 2.75. The molecular weight excluding hydrogens is 244 g/mol. The van der Waals surface area contributed by atoms with Crippen molar-refractivity contribution in [3.63, 3.8) is 0 Å². The van der Waals surface area contributed by atoms with Gasteiger partial charge in [-0.15, -0.1) is 0 Å². The van der Waals surface area contributed by atoms with Gasteiger partial charge in [-0.05, 0) is 12.1 Å². The van der Waals surface area contributed by atoms with Crippen molar-refractivity contribution in [1.82, 2.24) is 15.1 Å². The monoisotopic (exact) mass is 260 g/mol. The van der Waals surface area contributed by atoms with Gasteiger partial charge in [0.1, 0.15) is 11.6 Å². The Bertz CT molecular complexity index is 551. The Kier molecular flexibility index (Phi) is 4.02. The van der Waals surface area contributed by atoms with Crippen molar-refractivity contribution >= 4 is 11.7 Å². The van der Waals surface area contributed by atoms with Crippen LogP contribution in [-0.4, -0.2) is 22.3 Å². The van der Waals surface area contributed by atoms with Gasteiger partial charge in [0, 0.05) is 19.2 Å². The van der Waals surface area contributed by atoms with Crippen molar-refractivity contribution in [3.8, 4) is 5.75 Å². The first-order valence-electron chi connectivity index (χ1n) is 5.87. The van der Waals surface area contributed by atoms with Crippen LogP contribution in [0.5, 0.6) is 5.75 Å². The van der Waals surface area contributed by atoms with E-state index in [1.807, 2.05) is 18.2 Å². The van der Waals surface area contributed by atoms with Crippen LogP contribution in [0, 0.1) is 0 Å². The minimum atomic E-state index is -0.202. The standard InChI is InChI=1S/C13H16N4O2/c1-17-13(14)10(8-16-17)7-15-12(18)9-19-11-5-3-2-4-6-11/h2-6,8H,7,9,14H2,1H3,(H,15,18). The molecule has 0 saturated carbocycles. The fourth-order valence-electron chi connectivity index (χ4n) is 1.54. The topological polar surface area (TPSA) is 82.2 Å². The zero-order valence-corrected chi connectivity index (χ0v) is 10.7. The number of ether oxygens (including phenoxy) is 1. The highest BCUT2D eigenvalue weighted by Crippen LogP contribution is 2.09. The SMILES string of the molecule is Cn1ncc(CNC(=O)COc2ccccc2)c1N. The van der Waals surface area contributed by atoms with E-state index in [9.17, 15) is 4.79 Å². The lowest BCUT2D eigenvalue weighted by Crippen LogP contribution is -2.28. The summed E-state index contributed by atoms with van der Waals surface area (Å²) in [7, 11) is 1.75. The van der Waals surface area contributed by atoms with Crippen LogP contribution in [0.4, 0.5) is 5.82 Å². The summed E-state index contributed by atoms with van der Waals surface area (Å²) in [5.74, 6) is 1.01. The first kappa shape index (κ1) is 12.9. The minimum Gasteiger partial charge on any atom is -0.484 e.